The molecule has 1 aliphatic rings. The van der Waals surface area contributed by atoms with Crippen LogP contribution in [-0.4, -0.2) is 23.5 Å². The summed E-state index contributed by atoms with van der Waals surface area (Å²) in [7, 11) is 0. The Kier molecular flexibility index (Phi) is 4.82. The van der Waals surface area contributed by atoms with Gasteiger partial charge in [0.25, 0.3) is 5.91 Å². The van der Waals surface area contributed by atoms with Crippen molar-refractivity contribution in [3.63, 3.8) is 0 Å². The van der Waals surface area contributed by atoms with Gasteiger partial charge in [-0.05, 0) is 30.9 Å². The lowest BCUT2D eigenvalue weighted by molar-refractivity contribution is -0.137. The van der Waals surface area contributed by atoms with E-state index in [0.29, 0.717) is 18.7 Å². The van der Waals surface area contributed by atoms with Gasteiger partial charge in [0, 0.05) is 18.8 Å². The summed E-state index contributed by atoms with van der Waals surface area (Å²) in [5, 5.41) is 2.78. The summed E-state index contributed by atoms with van der Waals surface area (Å²) in [5.41, 5.74) is 4.78. The molecule has 0 spiro atoms. The van der Waals surface area contributed by atoms with Gasteiger partial charge < -0.3 is 11.1 Å². The van der Waals surface area contributed by atoms with Gasteiger partial charge in [0.05, 0.1) is 5.56 Å². The molecule has 1 aliphatic carbocycles. The first kappa shape index (κ1) is 15.8. The van der Waals surface area contributed by atoms with Crippen LogP contribution in [0.3, 0.4) is 0 Å². The van der Waals surface area contributed by atoms with Crippen LogP contribution >= 0.6 is 0 Å². The lowest BCUT2D eigenvalue weighted by atomic mass is 9.98. The summed E-state index contributed by atoms with van der Waals surface area (Å²) in [6, 6.07) is 1.79. The highest BCUT2D eigenvalue weighted by Gasteiger charge is 2.31. The normalized spacial score (nSPS) is 17.7. The van der Waals surface area contributed by atoms with Gasteiger partial charge in [-0.25, -0.2) is 0 Å². The number of hydrogen-bond acceptors (Lipinski definition) is 3. The van der Waals surface area contributed by atoms with Gasteiger partial charge in [-0.3, -0.25) is 9.78 Å². The lowest BCUT2D eigenvalue weighted by Gasteiger charge is -2.22. The zero-order chi connectivity index (χ0) is 15.5. The van der Waals surface area contributed by atoms with Gasteiger partial charge in [0.1, 0.15) is 5.69 Å². The molecule has 2 rings (SSSR count). The first-order chi connectivity index (χ1) is 9.91. The number of aromatic nitrogens is 1. The van der Waals surface area contributed by atoms with Gasteiger partial charge in [0.2, 0.25) is 0 Å². The standard InChI is InChI=1S/C14H18F3N3O/c15-14(16,17)10-5-6-11(19-8-10)13(21)20-12(7-18)9-3-1-2-4-9/h5-6,8-9,12H,1-4,7,18H2,(H,20,21). The van der Waals surface area contributed by atoms with E-state index in [1.807, 2.05) is 0 Å². The minimum atomic E-state index is -4.45. The van der Waals surface area contributed by atoms with Crippen molar-refractivity contribution in [2.24, 2.45) is 11.7 Å². The fraction of sp³-hybridized carbons (Fsp3) is 0.571. The van der Waals surface area contributed by atoms with Crippen LogP contribution < -0.4 is 11.1 Å². The maximum absolute atomic E-state index is 12.4. The number of amides is 1. The molecule has 21 heavy (non-hydrogen) atoms. The average molecular weight is 301 g/mol. The molecule has 0 saturated heterocycles. The topological polar surface area (TPSA) is 68.0 Å². The zero-order valence-electron chi connectivity index (χ0n) is 11.5. The molecule has 1 atom stereocenters. The van der Waals surface area contributed by atoms with Crippen molar-refractivity contribution in [2.45, 2.75) is 37.9 Å². The molecule has 4 nitrogen and oxygen atoms in total. The second-order valence-corrected chi connectivity index (χ2v) is 5.29. The third-order valence-electron chi connectivity index (χ3n) is 3.86. The molecule has 0 radical (unpaired) electrons. The van der Waals surface area contributed by atoms with Crippen molar-refractivity contribution in [3.8, 4) is 0 Å². The van der Waals surface area contributed by atoms with Crippen LogP contribution in [0.4, 0.5) is 13.2 Å². The van der Waals surface area contributed by atoms with E-state index in [4.69, 9.17) is 5.73 Å². The van der Waals surface area contributed by atoms with Gasteiger partial charge in [-0.15, -0.1) is 0 Å². The average Bonchev–Trinajstić information content (AvgIpc) is 2.97. The fourth-order valence-electron chi connectivity index (χ4n) is 2.67. The highest BCUT2D eigenvalue weighted by atomic mass is 19.4. The summed E-state index contributed by atoms with van der Waals surface area (Å²) in [6.07, 6.45) is 0.490. The minimum absolute atomic E-state index is 0.0283. The molecule has 1 unspecified atom stereocenters. The third-order valence-corrected chi connectivity index (χ3v) is 3.86. The molecule has 1 heterocycles. The number of nitrogens with one attached hydrogen (secondary N) is 1. The van der Waals surface area contributed by atoms with Crippen LogP contribution in [0.2, 0.25) is 0 Å². The molecule has 0 aromatic carbocycles. The van der Waals surface area contributed by atoms with E-state index < -0.39 is 17.6 Å². The summed E-state index contributed by atoms with van der Waals surface area (Å²) in [6.45, 7) is 0.317. The number of rotatable bonds is 4. The summed E-state index contributed by atoms with van der Waals surface area (Å²) in [4.78, 5) is 15.6. The second-order valence-electron chi connectivity index (χ2n) is 5.29. The van der Waals surface area contributed by atoms with Crippen LogP contribution in [0.25, 0.3) is 0 Å². The molecular weight excluding hydrogens is 283 g/mol. The van der Waals surface area contributed by atoms with Crippen molar-refractivity contribution in [2.75, 3.05) is 6.54 Å². The maximum atomic E-state index is 12.4. The van der Waals surface area contributed by atoms with Crippen molar-refractivity contribution in [3.05, 3.63) is 29.6 Å². The van der Waals surface area contributed by atoms with E-state index >= 15 is 0 Å². The minimum Gasteiger partial charge on any atom is -0.346 e. The summed E-state index contributed by atoms with van der Waals surface area (Å²) >= 11 is 0. The molecule has 1 fully saturated rings. The van der Waals surface area contributed by atoms with E-state index in [2.05, 4.69) is 10.3 Å². The monoisotopic (exact) mass is 301 g/mol. The third kappa shape index (κ3) is 3.93. The molecule has 3 N–H and O–H groups in total. The SMILES string of the molecule is NCC(NC(=O)c1ccc(C(F)(F)F)cn1)C1CCCC1. The predicted octanol–water partition coefficient (Wildman–Crippen LogP) is 2.35. The summed E-state index contributed by atoms with van der Waals surface area (Å²) < 4.78 is 37.3. The summed E-state index contributed by atoms with van der Waals surface area (Å²) in [5.74, 6) is -0.139. The highest BCUT2D eigenvalue weighted by molar-refractivity contribution is 5.92. The number of carbonyl (C=O) groups excluding carboxylic acids is 1. The molecule has 7 heteroatoms. The van der Waals surface area contributed by atoms with Gasteiger partial charge in [-0.1, -0.05) is 12.8 Å². The first-order valence-electron chi connectivity index (χ1n) is 6.96. The van der Waals surface area contributed by atoms with E-state index in [9.17, 15) is 18.0 Å². The number of pyridine rings is 1. The number of nitrogens with two attached hydrogens (primary N) is 1. The van der Waals surface area contributed by atoms with Crippen molar-refractivity contribution < 1.29 is 18.0 Å². The Balaban J connectivity index is 2.02. The van der Waals surface area contributed by atoms with E-state index in [0.717, 1.165) is 37.8 Å². The Hall–Kier alpha value is -1.63. The van der Waals surface area contributed by atoms with Gasteiger partial charge in [-0.2, -0.15) is 13.2 Å². The van der Waals surface area contributed by atoms with E-state index in [1.165, 1.54) is 0 Å². The molecule has 0 bridgehead atoms. The molecule has 1 aromatic rings. The maximum Gasteiger partial charge on any atom is 0.417 e. The number of carbonyl (C=O) groups is 1. The van der Waals surface area contributed by atoms with Crippen molar-refractivity contribution >= 4 is 5.91 Å². The first-order valence-corrected chi connectivity index (χ1v) is 6.96. The number of halogens is 3. The Bertz CT molecular complexity index is 481. The molecule has 0 aliphatic heterocycles. The van der Waals surface area contributed by atoms with Crippen molar-refractivity contribution in [1.82, 2.24) is 10.3 Å². The quantitative estimate of drug-likeness (QED) is 0.897. The van der Waals surface area contributed by atoms with Crippen LogP contribution in [0, 0.1) is 5.92 Å². The Morgan fingerprint density at radius 1 is 1.38 bits per heavy atom. The highest BCUT2D eigenvalue weighted by Crippen LogP contribution is 2.29. The van der Waals surface area contributed by atoms with Crippen LogP contribution in [0.1, 0.15) is 41.7 Å². The van der Waals surface area contributed by atoms with Crippen molar-refractivity contribution in [1.29, 1.82) is 0 Å². The molecular formula is C14H18F3N3O. The Labute approximate surface area is 120 Å². The van der Waals surface area contributed by atoms with Crippen LogP contribution in [0.5, 0.6) is 0 Å². The van der Waals surface area contributed by atoms with E-state index in [1.54, 1.807) is 0 Å². The number of hydrogen-bond donors (Lipinski definition) is 2. The zero-order valence-corrected chi connectivity index (χ0v) is 11.5. The molecule has 1 amide bonds. The lowest BCUT2D eigenvalue weighted by Crippen LogP contribution is -2.44. The Morgan fingerprint density at radius 2 is 2.05 bits per heavy atom. The molecule has 1 aromatic heterocycles. The predicted molar refractivity (Wildman–Crippen MR) is 71.5 cm³/mol. The Morgan fingerprint density at radius 3 is 2.52 bits per heavy atom. The molecule has 1 saturated carbocycles. The second kappa shape index (κ2) is 6.43. The molecule has 116 valence electrons. The van der Waals surface area contributed by atoms with Gasteiger partial charge in [0.15, 0.2) is 0 Å². The van der Waals surface area contributed by atoms with E-state index in [-0.39, 0.29) is 11.7 Å². The van der Waals surface area contributed by atoms with Crippen LogP contribution in [-0.2, 0) is 6.18 Å². The number of alkyl halides is 3. The number of nitrogens with zero attached hydrogens (tertiary/aromatic N) is 1. The smallest absolute Gasteiger partial charge is 0.346 e. The largest absolute Gasteiger partial charge is 0.417 e. The fourth-order valence-corrected chi connectivity index (χ4v) is 2.67. The van der Waals surface area contributed by atoms with Crippen LogP contribution in [0.15, 0.2) is 18.3 Å². The van der Waals surface area contributed by atoms with Gasteiger partial charge >= 0.3 is 6.18 Å².